The van der Waals surface area contributed by atoms with Crippen molar-refractivity contribution in [2.45, 2.75) is 4.90 Å². The van der Waals surface area contributed by atoms with Crippen LogP contribution in [0, 0.1) is 10.1 Å². The molecule has 0 heterocycles. The molecule has 2 aromatic carbocycles. The molecule has 0 aliphatic heterocycles. The SMILES string of the molecule is Cl.Nc1c(S(=O)(=O)O)cc([N+](=O)[O-])c2c1C(=O)c1ccccc1C2=O. The van der Waals surface area contributed by atoms with Crippen molar-refractivity contribution in [3.63, 3.8) is 0 Å². The van der Waals surface area contributed by atoms with E-state index in [4.69, 9.17) is 5.73 Å². The number of nitrogens with two attached hydrogens (primary N) is 1. The predicted octanol–water partition coefficient (Wildman–Crippen LogP) is 1.62. The van der Waals surface area contributed by atoms with E-state index in [-0.39, 0.29) is 23.5 Å². The molecule has 130 valence electrons. The normalized spacial score (nSPS) is 12.8. The van der Waals surface area contributed by atoms with E-state index in [0.29, 0.717) is 6.07 Å². The van der Waals surface area contributed by atoms with E-state index in [1.807, 2.05) is 0 Å². The molecule has 9 nitrogen and oxygen atoms in total. The number of hydrogen-bond acceptors (Lipinski definition) is 7. The van der Waals surface area contributed by atoms with Gasteiger partial charge in [-0.25, -0.2) is 0 Å². The molecule has 1 aliphatic rings. The lowest BCUT2D eigenvalue weighted by Crippen LogP contribution is -2.25. The molecule has 0 bridgehead atoms. The van der Waals surface area contributed by atoms with E-state index in [1.54, 1.807) is 0 Å². The van der Waals surface area contributed by atoms with Gasteiger partial charge in [0.15, 0.2) is 5.78 Å². The van der Waals surface area contributed by atoms with Crippen LogP contribution in [0.5, 0.6) is 0 Å². The van der Waals surface area contributed by atoms with Crippen molar-refractivity contribution in [2.75, 3.05) is 5.73 Å². The Morgan fingerprint density at radius 3 is 1.96 bits per heavy atom. The molecule has 0 fully saturated rings. The van der Waals surface area contributed by atoms with Gasteiger partial charge in [0, 0.05) is 17.2 Å². The van der Waals surface area contributed by atoms with E-state index in [9.17, 15) is 32.7 Å². The van der Waals surface area contributed by atoms with Crippen molar-refractivity contribution in [1.82, 2.24) is 0 Å². The maximum absolute atomic E-state index is 12.6. The Morgan fingerprint density at radius 2 is 1.52 bits per heavy atom. The quantitative estimate of drug-likeness (QED) is 0.292. The first kappa shape index (κ1) is 18.5. The Kier molecular flexibility index (Phi) is 4.38. The molecule has 0 saturated carbocycles. The number of hydrogen-bond donors (Lipinski definition) is 2. The monoisotopic (exact) mass is 384 g/mol. The van der Waals surface area contributed by atoms with Crippen molar-refractivity contribution in [1.29, 1.82) is 0 Å². The van der Waals surface area contributed by atoms with E-state index >= 15 is 0 Å². The first-order valence-corrected chi connectivity index (χ1v) is 7.85. The van der Waals surface area contributed by atoms with Gasteiger partial charge < -0.3 is 5.73 Å². The van der Waals surface area contributed by atoms with Crippen LogP contribution in [0.25, 0.3) is 0 Å². The van der Waals surface area contributed by atoms with Crippen molar-refractivity contribution in [3.05, 3.63) is 62.7 Å². The van der Waals surface area contributed by atoms with Crippen LogP contribution < -0.4 is 5.73 Å². The second-order valence-electron chi connectivity index (χ2n) is 4.99. The van der Waals surface area contributed by atoms with E-state index in [2.05, 4.69) is 0 Å². The number of halogens is 1. The van der Waals surface area contributed by atoms with Crippen LogP contribution in [0.2, 0.25) is 0 Å². The highest BCUT2D eigenvalue weighted by atomic mass is 35.5. The maximum Gasteiger partial charge on any atom is 0.296 e. The van der Waals surface area contributed by atoms with E-state index in [1.165, 1.54) is 24.3 Å². The number of rotatable bonds is 2. The molecule has 0 radical (unpaired) electrons. The number of anilines is 1. The van der Waals surface area contributed by atoms with Crippen LogP contribution in [-0.4, -0.2) is 29.5 Å². The molecular weight excluding hydrogens is 376 g/mol. The Morgan fingerprint density at radius 1 is 1.04 bits per heavy atom. The molecule has 1 aliphatic carbocycles. The second-order valence-corrected chi connectivity index (χ2v) is 6.38. The summed E-state index contributed by atoms with van der Waals surface area (Å²) in [6, 6.07) is 6.09. The summed E-state index contributed by atoms with van der Waals surface area (Å²) < 4.78 is 32.0. The van der Waals surface area contributed by atoms with Crippen molar-refractivity contribution in [3.8, 4) is 0 Å². The number of ketones is 2. The summed E-state index contributed by atoms with van der Waals surface area (Å²) in [7, 11) is -4.93. The molecular formula is C14H9ClN2O7S. The minimum atomic E-state index is -4.93. The fourth-order valence-electron chi connectivity index (χ4n) is 2.63. The summed E-state index contributed by atoms with van der Waals surface area (Å²) in [5.74, 6) is -1.65. The van der Waals surface area contributed by atoms with Gasteiger partial charge in [-0.3, -0.25) is 24.3 Å². The van der Waals surface area contributed by atoms with Crippen molar-refractivity contribution < 1.29 is 27.5 Å². The Bertz CT molecular complexity index is 1060. The van der Waals surface area contributed by atoms with Crippen LogP contribution in [0.1, 0.15) is 31.8 Å². The molecule has 0 amide bonds. The lowest BCUT2D eigenvalue weighted by atomic mass is 9.82. The summed E-state index contributed by atoms with van der Waals surface area (Å²) in [6.45, 7) is 0. The fourth-order valence-corrected chi connectivity index (χ4v) is 3.27. The molecule has 0 atom stereocenters. The number of nitrogens with zero attached hydrogens (tertiary/aromatic N) is 1. The van der Waals surface area contributed by atoms with Gasteiger partial charge in [0.25, 0.3) is 15.8 Å². The van der Waals surface area contributed by atoms with Crippen LogP contribution in [0.15, 0.2) is 35.2 Å². The average Bonchev–Trinajstić information content (AvgIpc) is 2.50. The van der Waals surface area contributed by atoms with Crippen LogP contribution in [0.3, 0.4) is 0 Å². The highest BCUT2D eigenvalue weighted by Gasteiger charge is 2.39. The lowest BCUT2D eigenvalue weighted by molar-refractivity contribution is -0.385. The van der Waals surface area contributed by atoms with Crippen LogP contribution >= 0.6 is 12.4 Å². The third-order valence-corrected chi connectivity index (χ3v) is 4.55. The smallest absolute Gasteiger partial charge is 0.296 e. The first-order chi connectivity index (χ1) is 11.1. The molecule has 3 rings (SSSR count). The molecule has 11 heteroatoms. The van der Waals surface area contributed by atoms with Gasteiger partial charge >= 0.3 is 0 Å². The molecule has 25 heavy (non-hydrogen) atoms. The zero-order valence-electron chi connectivity index (χ0n) is 12.1. The maximum atomic E-state index is 12.6. The number of nitro benzene ring substituents is 1. The molecule has 2 aromatic rings. The fraction of sp³-hybridized carbons (Fsp3) is 0. The van der Waals surface area contributed by atoms with Gasteiger partial charge in [0.1, 0.15) is 10.5 Å². The number of nitrogen functional groups attached to an aromatic ring is 1. The summed E-state index contributed by atoms with van der Waals surface area (Å²) >= 11 is 0. The summed E-state index contributed by atoms with van der Waals surface area (Å²) in [5, 5.41) is 11.3. The molecule has 0 aromatic heterocycles. The zero-order valence-corrected chi connectivity index (χ0v) is 13.8. The average molecular weight is 385 g/mol. The van der Waals surface area contributed by atoms with Gasteiger partial charge in [-0.2, -0.15) is 8.42 Å². The lowest BCUT2D eigenvalue weighted by Gasteiger charge is -2.19. The topological polar surface area (TPSA) is 158 Å². The number of carbonyl (C=O) groups is 2. The summed E-state index contributed by atoms with van der Waals surface area (Å²) in [5.41, 5.74) is 2.73. The van der Waals surface area contributed by atoms with Gasteiger partial charge in [0.2, 0.25) is 5.78 Å². The van der Waals surface area contributed by atoms with Gasteiger partial charge in [-0.1, -0.05) is 24.3 Å². The Hall–Kier alpha value is -2.82. The minimum Gasteiger partial charge on any atom is -0.397 e. The van der Waals surface area contributed by atoms with Gasteiger partial charge in [0.05, 0.1) is 16.2 Å². The van der Waals surface area contributed by atoms with Crippen LogP contribution in [0.4, 0.5) is 11.4 Å². The molecule has 3 N–H and O–H groups in total. The highest BCUT2D eigenvalue weighted by Crippen LogP contribution is 2.39. The van der Waals surface area contributed by atoms with Gasteiger partial charge in [-0.05, 0) is 0 Å². The van der Waals surface area contributed by atoms with E-state index in [0.717, 1.165) is 0 Å². The second kappa shape index (κ2) is 5.92. The minimum absolute atomic E-state index is 0. The summed E-state index contributed by atoms with van der Waals surface area (Å²) in [4.78, 5) is 34.4. The third kappa shape index (κ3) is 2.65. The zero-order chi connectivity index (χ0) is 17.8. The summed E-state index contributed by atoms with van der Waals surface area (Å²) in [6.07, 6.45) is 0. The largest absolute Gasteiger partial charge is 0.397 e. The first-order valence-electron chi connectivity index (χ1n) is 6.41. The standard InChI is InChI=1S/C14H8N2O7S.ClH/c15-12-9(24(21,22)23)5-8(16(19)20)10-11(12)14(18)7-4-2-1-3-6(7)13(10)17;/h1-5H,15H2,(H,21,22,23);1H. The highest BCUT2D eigenvalue weighted by molar-refractivity contribution is 7.86. The number of fused-ring (bicyclic) bond motifs is 2. The number of nitro groups is 1. The van der Waals surface area contributed by atoms with Crippen molar-refractivity contribution in [2.24, 2.45) is 0 Å². The van der Waals surface area contributed by atoms with Crippen LogP contribution in [-0.2, 0) is 10.1 Å². The van der Waals surface area contributed by atoms with Crippen molar-refractivity contribution >= 4 is 45.5 Å². The molecule has 0 spiro atoms. The molecule has 0 saturated heterocycles. The van der Waals surface area contributed by atoms with E-state index < -0.39 is 54.0 Å². The Balaban J connectivity index is 0.00000225. The predicted molar refractivity (Wildman–Crippen MR) is 87.9 cm³/mol. The number of benzene rings is 2. The molecule has 0 unspecified atom stereocenters. The third-order valence-electron chi connectivity index (χ3n) is 3.65. The Labute approximate surface area is 146 Å². The van der Waals surface area contributed by atoms with Gasteiger partial charge in [-0.15, -0.1) is 12.4 Å². The number of carbonyl (C=O) groups excluding carboxylic acids is 2.